The molecular weight excluding hydrogens is 344 g/mol. The maximum absolute atomic E-state index is 13.3. The molecule has 0 aromatic heterocycles. The minimum absolute atomic E-state index is 0.187. The van der Waals surface area contributed by atoms with Crippen molar-refractivity contribution in [1.29, 1.82) is 5.26 Å². The van der Waals surface area contributed by atoms with Gasteiger partial charge in [0.2, 0.25) is 11.8 Å². The second-order valence-electron chi connectivity index (χ2n) is 7.65. The molecule has 3 heterocycles. The number of fused-ring (bicyclic) bond motifs is 6. The third-order valence-corrected chi connectivity index (χ3v) is 6.31. The van der Waals surface area contributed by atoms with Crippen LogP contribution in [0.4, 0.5) is 5.69 Å². The van der Waals surface area contributed by atoms with Gasteiger partial charge in [0.25, 0.3) is 0 Å². The molecule has 4 unspecified atom stereocenters. The molecule has 5 rings (SSSR count). The van der Waals surface area contributed by atoms with E-state index in [1.54, 1.807) is 12.1 Å². The van der Waals surface area contributed by atoms with Crippen LogP contribution in [-0.4, -0.2) is 30.6 Å². The number of hydrogen-bond donors (Lipinski definition) is 0. The molecule has 0 aliphatic carbocycles. The number of amides is 2. The molecule has 27 heavy (non-hydrogen) atoms. The maximum Gasteiger partial charge on any atom is 0.240 e. The smallest absolute Gasteiger partial charge is 0.240 e. The Morgan fingerprint density at radius 2 is 2.00 bits per heavy atom. The van der Waals surface area contributed by atoms with Gasteiger partial charge in [0.05, 0.1) is 36.3 Å². The minimum Gasteiger partial charge on any atom is -0.495 e. The molecule has 3 aliphatic rings. The Labute approximate surface area is 156 Å². The van der Waals surface area contributed by atoms with E-state index in [2.05, 4.69) is 6.07 Å². The topological polar surface area (TPSA) is 79.6 Å². The van der Waals surface area contributed by atoms with Crippen LogP contribution in [0, 0.1) is 23.2 Å². The van der Waals surface area contributed by atoms with Gasteiger partial charge in [-0.15, -0.1) is 0 Å². The monoisotopic (exact) mass is 362 g/mol. The molecule has 2 amide bonds. The summed E-state index contributed by atoms with van der Waals surface area (Å²) in [5.41, 5.74) is 0.309. The number of carbonyl (C=O) groups excluding carboxylic acids is 2. The maximum atomic E-state index is 13.3. The van der Waals surface area contributed by atoms with E-state index in [9.17, 15) is 14.9 Å². The Morgan fingerprint density at radius 3 is 2.67 bits per heavy atom. The lowest BCUT2D eigenvalue weighted by atomic mass is 9.74. The average molecular weight is 362 g/mol. The van der Waals surface area contributed by atoms with Gasteiger partial charge in [-0.3, -0.25) is 9.59 Å². The molecule has 6 heteroatoms. The third kappa shape index (κ3) is 1.92. The second kappa shape index (κ2) is 5.30. The number of imide groups is 1. The van der Waals surface area contributed by atoms with Crippen LogP contribution in [0.15, 0.2) is 30.3 Å². The zero-order chi connectivity index (χ0) is 18.9. The fourth-order valence-corrected chi connectivity index (χ4v) is 5.11. The average Bonchev–Trinajstić information content (AvgIpc) is 3.29. The van der Waals surface area contributed by atoms with Crippen LogP contribution in [0.25, 0.3) is 10.8 Å². The summed E-state index contributed by atoms with van der Waals surface area (Å²) in [6.07, 6.45) is 1.42. The van der Waals surface area contributed by atoms with Crippen LogP contribution in [0.5, 0.6) is 5.75 Å². The number of anilines is 1. The van der Waals surface area contributed by atoms with E-state index in [1.165, 1.54) is 12.0 Å². The minimum atomic E-state index is -0.566. The summed E-state index contributed by atoms with van der Waals surface area (Å²) in [5.74, 6) is -0.933. The fourth-order valence-electron chi connectivity index (χ4n) is 5.11. The van der Waals surface area contributed by atoms with Crippen molar-refractivity contribution in [2.24, 2.45) is 11.8 Å². The van der Waals surface area contributed by atoms with Gasteiger partial charge in [0.1, 0.15) is 17.4 Å². The molecule has 6 nitrogen and oxygen atoms in total. The lowest BCUT2D eigenvalue weighted by molar-refractivity contribution is -0.126. The molecule has 3 aliphatic heterocycles. The summed E-state index contributed by atoms with van der Waals surface area (Å²) < 4.78 is 11.4. The van der Waals surface area contributed by atoms with Crippen LogP contribution in [-0.2, 0) is 14.3 Å². The van der Waals surface area contributed by atoms with Gasteiger partial charge >= 0.3 is 0 Å². The lowest BCUT2D eigenvalue weighted by Crippen LogP contribution is -2.39. The highest BCUT2D eigenvalue weighted by atomic mass is 16.5. The standard InChI is InChI=1S/C21H18N2O4/c1-21-8-7-15(27-21)17-18(21)20(25)23(19(17)24)14-9-16(26-2)13(10-22)11-5-3-4-6-12(11)14/h3-6,9,15,17-18H,7-8H2,1-2H3. The van der Waals surface area contributed by atoms with Crippen molar-refractivity contribution >= 4 is 28.3 Å². The molecule has 0 radical (unpaired) electrons. The number of benzene rings is 2. The van der Waals surface area contributed by atoms with Gasteiger partial charge in [-0.05, 0) is 19.8 Å². The number of nitriles is 1. The number of nitrogens with zero attached hydrogens (tertiary/aromatic N) is 2. The van der Waals surface area contributed by atoms with E-state index >= 15 is 0 Å². The number of rotatable bonds is 2. The summed E-state index contributed by atoms with van der Waals surface area (Å²) >= 11 is 0. The van der Waals surface area contributed by atoms with Gasteiger partial charge in [-0.2, -0.15) is 5.26 Å². The van der Waals surface area contributed by atoms with E-state index in [-0.39, 0.29) is 17.9 Å². The third-order valence-electron chi connectivity index (χ3n) is 6.31. The zero-order valence-corrected chi connectivity index (χ0v) is 15.1. The number of ether oxygens (including phenoxy) is 2. The van der Waals surface area contributed by atoms with Crippen molar-refractivity contribution in [3.63, 3.8) is 0 Å². The number of carbonyl (C=O) groups is 2. The Balaban J connectivity index is 1.72. The van der Waals surface area contributed by atoms with Crippen LogP contribution in [0.3, 0.4) is 0 Å². The number of methoxy groups -OCH3 is 1. The SMILES string of the molecule is COc1cc(N2C(=O)C3C4CCC(C)(O4)C3C2=O)c2ccccc2c1C#N. The molecule has 0 saturated carbocycles. The predicted octanol–water partition coefficient (Wildman–Crippen LogP) is 2.78. The van der Waals surface area contributed by atoms with Crippen molar-refractivity contribution in [3.05, 3.63) is 35.9 Å². The predicted molar refractivity (Wildman–Crippen MR) is 97.2 cm³/mol. The summed E-state index contributed by atoms with van der Waals surface area (Å²) in [6.45, 7) is 1.93. The summed E-state index contributed by atoms with van der Waals surface area (Å²) in [4.78, 5) is 27.8. The normalized spacial score (nSPS) is 31.4. The molecular formula is C21H18N2O4. The van der Waals surface area contributed by atoms with Crippen molar-refractivity contribution in [3.8, 4) is 11.8 Å². The largest absolute Gasteiger partial charge is 0.495 e. The van der Waals surface area contributed by atoms with E-state index in [0.29, 0.717) is 27.8 Å². The lowest BCUT2D eigenvalue weighted by Gasteiger charge is -2.26. The van der Waals surface area contributed by atoms with Gasteiger partial charge in [-0.25, -0.2) is 4.90 Å². The molecule has 136 valence electrons. The van der Waals surface area contributed by atoms with E-state index in [0.717, 1.165) is 12.8 Å². The summed E-state index contributed by atoms with van der Waals surface area (Å²) in [6, 6.07) is 11.1. The van der Waals surface area contributed by atoms with Gasteiger partial charge in [-0.1, -0.05) is 24.3 Å². The highest BCUT2D eigenvalue weighted by Crippen LogP contribution is 2.56. The summed E-state index contributed by atoms with van der Waals surface area (Å²) in [7, 11) is 1.48. The van der Waals surface area contributed by atoms with Crippen LogP contribution >= 0.6 is 0 Å². The first-order valence-electron chi connectivity index (χ1n) is 9.05. The Morgan fingerprint density at radius 1 is 1.26 bits per heavy atom. The molecule has 3 saturated heterocycles. The quantitative estimate of drug-likeness (QED) is 0.768. The first-order chi connectivity index (χ1) is 13.0. The van der Waals surface area contributed by atoms with E-state index in [4.69, 9.17) is 9.47 Å². The van der Waals surface area contributed by atoms with Gasteiger partial charge < -0.3 is 9.47 Å². The second-order valence-corrected chi connectivity index (χ2v) is 7.65. The molecule has 0 spiro atoms. The highest BCUT2D eigenvalue weighted by Gasteiger charge is 2.67. The molecule has 0 N–H and O–H groups in total. The molecule has 2 aromatic rings. The van der Waals surface area contributed by atoms with Gasteiger partial charge in [0, 0.05) is 16.8 Å². The van der Waals surface area contributed by atoms with E-state index < -0.39 is 17.4 Å². The zero-order valence-electron chi connectivity index (χ0n) is 15.1. The first kappa shape index (κ1) is 16.3. The van der Waals surface area contributed by atoms with Crippen LogP contribution < -0.4 is 9.64 Å². The Hall–Kier alpha value is -2.91. The van der Waals surface area contributed by atoms with Crippen molar-refractivity contribution < 1.29 is 19.1 Å². The van der Waals surface area contributed by atoms with E-state index in [1.807, 2.05) is 25.1 Å². The van der Waals surface area contributed by atoms with Crippen molar-refractivity contribution in [2.45, 2.75) is 31.5 Å². The summed E-state index contributed by atoms with van der Waals surface area (Å²) in [5, 5.41) is 10.9. The Kier molecular flexibility index (Phi) is 3.20. The van der Waals surface area contributed by atoms with Gasteiger partial charge in [0.15, 0.2) is 0 Å². The molecule has 2 bridgehead atoms. The van der Waals surface area contributed by atoms with Crippen LogP contribution in [0.1, 0.15) is 25.3 Å². The highest BCUT2D eigenvalue weighted by molar-refractivity contribution is 6.26. The fraction of sp³-hybridized carbons (Fsp3) is 0.381. The molecule has 3 fully saturated rings. The van der Waals surface area contributed by atoms with Crippen LogP contribution in [0.2, 0.25) is 0 Å². The molecule has 2 aromatic carbocycles. The van der Waals surface area contributed by atoms with Crippen molar-refractivity contribution in [1.82, 2.24) is 0 Å². The Bertz CT molecular complexity index is 1060. The first-order valence-corrected chi connectivity index (χ1v) is 9.05. The van der Waals surface area contributed by atoms with Crippen molar-refractivity contribution in [2.75, 3.05) is 12.0 Å². The number of hydrogen-bond acceptors (Lipinski definition) is 5. The molecule has 4 atom stereocenters.